The molecule has 8 bridgehead atoms. The van der Waals surface area contributed by atoms with Crippen LogP contribution in [0.1, 0.15) is 98.5 Å². The Morgan fingerprint density at radius 3 is 2.22 bits per heavy atom. The molecule has 0 saturated carbocycles. The molecule has 0 radical (unpaired) electrons. The lowest BCUT2D eigenvalue weighted by Gasteiger charge is -2.21. The third-order valence-electron chi connectivity index (χ3n) is 12.1. The molecule has 6 heterocycles. The van der Waals surface area contributed by atoms with Crippen LogP contribution in [0, 0.1) is 11.8 Å². The lowest BCUT2D eigenvalue weighted by atomic mass is 9.80. The molecule has 2 atom stereocenters. The fourth-order valence-corrected chi connectivity index (χ4v) is 9.11. The van der Waals surface area contributed by atoms with Crippen molar-refractivity contribution in [3.8, 4) is 0 Å². The first-order valence-electron chi connectivity index (χ1n) is 19.1. The molecule has 1 aromatic heterocycles. The summed E-state index contributed by atoms with van der Waals surface area (Å²) in [6.07, 6.45) is 11.4. The highest BCUT2D eigenvalue weighted by Gasteiger charge is 2.43. The van der Waals surface area contributed by atoms with Gasteiger partial charge in [0, 0.05) is 66.5 Å². The number of aryl methyl sites for hydroxylation is 1. The number of aliphatic imine (C=N–C) groups is 3. The summed E-state index contributed by atoms with van der Waals surface area (Å²) in [6.45, 7) is 12.8. The second-order valence-corrected chi connectivity index (χ2v) is 15.2. The minimum Gasteiger partial charge on any atom is -0.511 e. The van der Waals surface area contributed by atoms with Gasteiger partial charge >= 0.3 is 5.97 Å². The smallest absolute Gasteiger partial charge is 0.333 e. The van der Waals surface area contributed by atoms with E-state index < -0.39 is 17.8 Å². The molecular weight excluding hydrogens is 714 g/mol. The average molecular weight is 761 g/mol. The van der Waals surface area contributed by atoms with Gasteiger partial charge in [-0.3, -0.25) is 14.6 Å². The monoisotopic (exact) mass is 760 g/mol. The van der Waals surface area contributed by atoms with Crippen molar-refractivity contribution < 1.29 is 28.9 Å². The van der Waals surface area contributed by atoms with Crippen molar-refractivity contribution in [2.24, 2.45) is 33.9 Å². The van der Waals surface area contributed by atoms with E-state index in [4.69, 9.17) is 19.8 Å². The number of rotatable bonds is 7. The van der Waals surface area contributed by atoms with Gasteiger partial charge in [0.05, 0.1) is 28.5 Å². The number of amides is 2. The molecule has 0 aromatic carbocycles. The molecule has 2 aliphatic carbocycles. The van der Waals surface area contributed by atoms with E-state index in [1.54, 1.807) is 0 Å². The van der Waals surface area contributed by atoms with Crippen LogP contribution >= 0.6 is 12.4 Å². The lowest BCUT2D eigenvalue weighted by molar-refractivity contribution is -0.671. The minimum atomic E-state index is -0.637. The largest absolute Gasteiger partial charge is 0.511 e. The summed E-state index contributed by atoms with van der Waals surface area (Å²) in [5.74, 6) is -1.67. The molecule has 1 N–H and O–H groups in total. The number of aliphatic hydroxyl groups is 1. The topological polar surface area (TPSA) is 125 Å². The molecule has 7 aliphatic rings. The van der Waals surface area contributed by atoms with Gasteiger partial charge in [0.15, 0.2) is 12.4 Å². The normalized spacial score (nSPS) is 23.3. The Kier molecular flexibility index (Phi) is 10.0. The molecule has 2 amide bonds. The van der Waals surface area contributed by atoms with Gasteiger partial charge in [-0.25, -0.2) is 19.3 Å². The molecule has 1 fully saturated rings. The molecule has 1 saturated heterocycles. The van der Waals surface area contributed by atoms with Gasteiger partial charge < -0.3 is 9.94 Å². The number of halogens is 1. The number of pyridine rings is 1. The van der Waals surface area contributed by atoms with Crippen LogP contribution in [0.3, 0.4) is 0 Å². The molecule has 1 aromatic rings. The third-order valence-corrected chi connectivity index (χ3v) is 12.1. The Balaban J connectivity index is 0.00000465. The summed E-state index contributed by atoms with van der Waals surface area (Å²) in [5.41, 5.74) is 17.0. The van der Waals surface area contributed by atoms with Crippen LogP contribution < -0.4 is 4.57 Å². The van der Waals surface area contributed by atoms with Crippen molar-refractivity contribution in [3.05, 3.63) is 115 Å². The summed E-state index contributed by atoms with van der Waals surface area (Å²) >= 11 is 0. The molecule has 11 heteroatoms. The van der Waals surface area contributed by atoms with E-state index in [-0.39, 0.29) is 43.5 Å². The Morgan fingerprint density at radius 1 is 0.891 bits per heavy atom. The van der Waals surface area contributed by atoms with Gasteiger partial charge in [-0.05, 0) is 109 Å². The van der Waals surface area contributed by atoms with Gasteiger partial charge in [0.1, 0.15) is 12.8 Å². The summed E-state index contributed by atoms with van der Waals surface area (Å²) in [5, 5.41) is 12.2. The number of hydrogen-bond acceptors (Lipinski definition) is 8. The first-order valence-corrected chi connectivity index (χ1v) is 19.1. The quantitative estimate of drug-likeness (QED) is 0.222. The highest BCUT2D eigenvalue weighted by molar-refractivity contribution is 6.35. The first kappa shape index (κ1) is 38.1. The van der Waals surface area contributed by atoms with E-state index in [2.05, 4.69) is 65.8 Å². The maximum atomic E-state index is 13.2. The highest BCUT2D eigenvalue weighted by atomic mass is 35.5. The standard InChI is InChI=1S/C44H45N5O5.ClH/c1-8-28-23(4)33-21-35-29(9-2)24(5)42(46-35)41(26-14-16-48(7)17-15-26)43-25(6)30(10-13-39(53)54-49-37(51)11-12-38(49)52)44(47-43)32-20-36(50)40-22(3)27(18-31(32)40)19-34(28)45-33;/h14-17,19,21,25,30H,8-13,18,20H2,1-7H3;1H/p+1/t25-,30-;/m0./s1. The van der Waals surface area contributed by atoms with Crippen molar-refractivity contribution in [2.45, 2.75) is 92.9 Å². The number of aliphatic hydroxyl groups excluding tert-OH is 1. The molecule has 284 valence electrons. The number of hydrogen-bond donors (Lipinski definition) is 1. The molecule has 8 rings (SSSR count). The molecule has 0 spiro atoms. The van der Waals surface area contributed by atoms with Crippen LogP contribution in [0.25, 0.3) is 5.57 Å². The van der Waals surface area contributed by atoms with Crippen molar-refractivity contribution in [3.63, 3.8) is 0 Å². The summed E-state index contributed by atoms with van der Waals surface area (Å²) in [4.78, 5) is 59.2. The Labute approximate surface area is 327 Å². The molecule has 55 heavy (non-hydrogen) atoms. The van der Waals surface area contributed by atoms with Crippen molar-refractivity contribution in [1.29, 1.82) is 0 Å². The van der Waals surface area contributed by atoms with Gasteiger partial charge in [-0.1, -0.05) is 20.8 Å². The number of imide groups is 1. The summed E-state index contributed by atoms with van der Waals surface area (Å²) in [6, 6.07) is 4.19. The third kappa shape index (κ3) is 6.24. The van der Waals surface area contributed by atoms with Crippen molar-refractivity contribution in [2.75, 3.05) is 0 Å². The van der Waals surface area contributed by atoms with Gasteiger partial charge in [0.25, 0.3) is 11.8 Å². The summed E-state index contributed by atoms with van der Waals surface area (Å²) in [7, 11) is 1.99. The van der Waals surface area contributed by atoms with Gasteiger partial charge in [0.2, 0.25) is 0 Å². The number of allylic oxidation sites excluding steroid dienone is 13. The van der Waals surface area contributed by atoms with Crippen LogP contribution in [0.4, 0.5) is 0 Å². The predicted octanol–water partition coefficient (Wildman–Crippen LogP) is 8.11. The number of fused-ring (bicyclic) bond motifs is 5. The fraction of sp³-hybridized carbons (Fsp3) is 0.386. The van der Waals surface area contributed by atoms with E-state index in [1.807, 2.05) is 24.0 Å². The first-order chi connectivity index (χ1) is 25.9. The lowest BCUT2D eigenvalue weighted by Crippen LogP contribution is -2.32. The molecule has 10 nitrogen and oxygen atoms in total. The minimum absolute atomic E-state index is 0. The van der Waals surface area contributed by atoms with Gasteiger partial charge in [-0.2, -0.15) is 0 Å². The van der Waals surface area contributed by atoms with Crippen LogP contribution in [0.2, 0.25) is 0 Å². The maximum Gasteiger partial charge on any atom is 0.333 e. The van der Waals surface area contributed by atoms with Crippen molar-refractivity contribution >= 4 is 52.9 Å². The molecule has 0 unspecified atom stereocenters. The van der Waals surface area contributed by atoms with Gasteiger partial charge in [-0.15, -0.1) is 17.5 Å². The van der Waals surface area contributed by atoms with E-state index in [1.165, 1.54) is 5.57 Å². The van der Waals surface area contributed by atoms with Crippen molar-refractivity contribution in [1.82, 2.24) is 5.06 Å². The predicted molar refractivity (Wildman–Crippen MR) is 214 cm³/mol. The summed E-state index contributed by atoms with van der Waals surface area (Å²) < 4.78 is 2.00. The zero-order valence-corrected chi connectivity index (χ0v) is 33.3. The zero-order chi connectivity index (χ0) is 38.2. The Morgan fingerprint density at radius 2 is 1.55 bits per heavy atom. The highest BCUT2D eigenvalue weighted by Crippen LogP contribution is 2.51. The molecule has 5 aliphatic heterocycles. The number of carbonyl (C=O) groups is 3. The zero-order valence-electron chi connectivity index (χ0n) is 32.5. The van der Waals surface area contributed by atoms with E-state index in [0.29, 0.717) is 30.1 Å². The fourth-order valence-electron chi connectivity index (χ4n) is 9.11. The van der Waals surface area contributed by atoms with E-state index in [0.717, 1.165) is 103 Å². The van der Waals surface area contributed by atoms with Crippen LogP contribution in [0.5, 0.6) is 0 Å². The maximum absolute atomic E-state index is 13.2. The average Bonchev–Trinajstić information content (AvgIpc) is 3.96. The second-order valence-electron chi connectivity index (χ2n) is 15.2. The van der Waals surface area contributed by atoms with E-state index >= 15 is 0 Å². The van der Waals surface area contributed by atoms with Crippen LogP contribution in [0.15, 0.2) is 125 Å². The van der Waals surface area contributed by atoms with Crippen LogP contribution in [-0.2, 0) is 26.3 Å². The second kappa shape index (κ2) is 14.5. The Hall–Kier alpha value is -5.22. The number of nitrogens with zero attached hydrogens (tertiary/aromatic N) is 5. The van der Waals surface area contributed by atoms with E-state index in [9.17, 15) is 19.5 Å². The SMILES string of the molecule is CCC1=C(C)C2=NC1=CC1=C(C)C3=C(O)CC(=C3C1)C1=NC(=C(c3cc[n+](C)cc3)C3=NC(=C2)C(CC)=C3C)[C@@H](C)[C@@H]1CCC(=O)ON1C(=O)CCC1=O.Cl. The molecular formula is C44H47ClN5O5+. The number of carbonyl (C=O) groups excluding carboxylic acids is 3. The number of hydroxylamine groups is 2. The van der Waals surface area contributed by atoms with Crippen LogP contribution in [-0.4, -0.2) is 45.1 Å². The Bertz CT molecular complexity index is 2320. The number of aromatic nitrogens is 1.